The van der Waals surface area contributed by atoms with E-state index in [2.05, 4.69) is 49.9 Å². The normalized spacial score (nSPS) is 13.2. The van der Waals surface area contributed by atoms with E-state index in [0.717, 1.165) is 62.2 Å². The van der Waals surface area contributed by atoms with Gasteiger partial charge in [-0.3, -0.25) is 14.8 Å². The third-order valence-corrected chi connectivity index (χ3v) is 6.39. The molecule has 0 bridgehead atoms. The number of para-hydroxylation sites is 1. The Morgan fingerprint density at radius 3 is 2.77 bits per heavy atom. The van der Waals surface area contributed by atoms with Crippen molar-refractivity contribution in [2.24, 2.45) is 0 Å². The molecule has 4 aromatic heterocycles. The van der Waals surface area contributed by atoms with Crippen molar-refractivity contribution < 1.29 is 4.79 Å². The average molecular weight is 423 g/mol. The van der Waals surface area contributed by atoms with E-state index in [-0.39, 0.29) is 5.91 Å². The Morgan fingerprint density at radius 2 is 1.87 bits per heavy atom. The van der Waals surface area contributed by atoms with Gasteiger partial charge in [-0.05, 0) is 46.7 Å². The fourth-order valence-electron chi connectivity index (χ4n) is 4.25. The fraction of sp³-hybridized carbons (Fsp3) is 0.0800. The molecule has 1 amide bonds. The number of aromatic nitrogens is 3. The zero-order chi connectivity index (χ0) is 20.8. The van der Waals surface area contributed by atoms with Crippen molar-refractivity contribution in [2.45, 2.75) is 6.42 Å². The summed E-state index contributed by atoms with van der Waals surface area (Å²) in [6, 6.07) is 16.3. The van der Waals surface area contributed by atoms with Gasteiger partial charge in [0.25, 0.3) is 5.91 Å². The molecule has 6 heteroatoms. The molecule has 5 nitrogen and oxygen atoms in total. The molecule has 0 atom stereocenters. The molecule has 0 fully saturated rings. The molecule has 0 saturated heterocycles. The number of hydrogen-bond donors (Lipinski definition) is 2. The molecule has 6 rings (SSSR count). The van der Waals surface area contributed by atoms with Crippen molar-refractivity contribution in [2.75, 3.05) is 6.54 Å². The van der Waals surface area contributed by atoms with Crippen molar-refractivity contribution >= 4 is 28.1 Å². The van der Waals surface area contributed by atoms with Crippen LogP contribution in [0.3, 0.4) is 0 Å². The van der Waals surface area contributed by atoms with Crippen LogP contribution < -0.4 is 5.32 Å². The number of fused-ring (bicyclic) bond motifs is 2. The highest BCUT2D eigenvalue weighted by Gasteiger charge is 2.27. The summed E-state index contributed by atoms with van der Waals surface area (Å²) in [5.74, 6) is -0.0158. The number of aromatic amines is 1. The minimum Gasteiger partial charge on any atom is -0.357 e. The number of nitrogens with one attached hydrogen (secondary N) is 2. The van der Waals surface area contributed by atoms with Crippen LogP contribution in [-0.4, -0.2) is 27.4 Å². The highest BCUT2D eigenvalue weighted by Crippen LogP contribution is 2.39. The first-order valence-electron chi connectivity index (χ1n) is 10.1. The molecule has 1 aliphatic heterocycles. The molecular weight excluding hydrogens is 404 g/mol. The molecule has 0 unspecified atom stereocenters. The van der Waals surface area contributed by atoms with E-state index in [1.54, 1.807) is 11.3 Å². The Kier molecular flexibility index (Phi) is 4.18. The summed E-state index contributed by atoms with van der Waals surface area (Å²) in [7, 11) is 0. The largest absolute Gasteiger partial charge is 0.357 e. The van der Waals surface area contributed by atoms with Crippen molar-refractivity contribution in [1.29, 1.82) is 0 Å². The maximum atomic E-state index is 12.7. The molecule has 5 heterocycles. The van der Waals surface area contributed by atoms with Crippen LogP contribution in [0.25, 0.3) is 44.5 Å². The second kappa shape index (κ2) is 7.18. The van der Waals surface area contributed by atoms with E-state index in [1.165, 1.54) is 0 Å². The van der Waals surface area contributed by atoms with E-state index in [4.69, 9.17) is 0 Å². The molecule has 1 aliphatic rings. The number of H-pyrrole nitrogens is 1. The van der Waals surface area contributed by atoms with E-state index in [0.29, 0.717) is 6.54 Å². The molecule has 2 N–H and O–H groups in total. The zero-order valence-electron chi connectivity index (χ0n) is 16.6. The highest BCUT2D eigenvalue weighted by molar-refractivity contribution is 7.08. The second-order valence-corrected chi connectivity index (χ2v) is 8.37. The van der Waals surface area contributed by atoms with Crippen LogP contribution in [0, 0.1) is 0 Å². The van der Waals surface area contributed by atoms with E-state index in [1.807, 2.05) is 42.0 Å². The Balaban J connectivity index is 1.52. The van der Waals surface area contributed by atoms with E-state index >= 15 is 0 Å². The van der Waals surface area contributed by atoms with E-state index < -0.39 is 0 Å². The van der Waals surface area contributed by atoms with Crippen LogP contribution in [0.2, 0.25) is 0 Å². The third-order valence-electron chi connectivity index (χ3n) is 5.71. The van der Waals surface area contributed by atoms with Crippen LogP contribution in [0.1, 0.15) is 16.1 Å². The van der Waals surface area contributed by atoms with Gasteiger partial charge in [0.15, 0.2) is 0 Å². The number of amides is 1. The lowest BCUT2D eigenvalue weighted by Crippen LogP contribution is -2.31. The first-order chi connectivity index (χ1) is 15.3. The Labute approximate surface area is 182 Å². The summed E-state index contributed by atoms with van der Waals surface area (Å²) >= 11 is 1.63. The lowest BCUT2D eigenvalue weighted by atomic mass is 9.96. The summed E-state index contributed by atoms with van der Waals surface area (Å²) in [6.45, 7) is 0.652. The summed E-state index contributed by atoms with van der Waals surface area (Å²) in [5, 5.41) is 8.19. The van der Waals surface area contributed by atoms with Crippen molar-refractivity contribution in [1.82, 2.24) is 20.3 Å². The lowest BCUT2D eigenvalue weighted by Gasteiger charge is -2.13. The van der Waals surface area contributed by atoms with Crippen LogP contribution in [0.5, 0.6) is 0 Å². The predicted molar refractivity (Wildman–Crippen MR) is 124 cm³/mol. The van der Waals surface area contributed by atoms with Gasteiger partial charge in [-0.2, -0.15) is 11.3 Å². The zero-order valence-corrected chi connectivity index (χ0v) is 17.4. The third kappa shape index (κ3) is 3.04. The number of thiophene rings is 1. The Morgan fingerprint density at radius 1 is 0.935 bits per heavy atom. The first kappa shape index (κ1) is 18.0. The number of carbonyl (C=O) groups excluding carboxylic acids is 1. The molecule has 5 aromatic rings. The quantitative estimate of drug-likeness (QED) is 0.414. The van der Waals surface area contributed by atoms with Crippen molar-refractivity contribution in [3.05, 3.63) is 82.9 Å². The lowest BCUT2D eigenvalue weighted by molar-refractivity contribution is 0.0946. The molecule has 31 heavy (non-hydrogen) atoms. The van der Waals surface area contributed by atoms with Crippen LogP contribution in [0.15, 0.2) is 71.7 Å². The smallest absolute Gasteiger partial charge is 0.253 e. The molecule has 0 spiro atoms. The Hall–Kier alpha value is -3.77. The molecule has 0 aliphatic carbocycles. The summed E-state index contributed by atoms with van der Waals surface area (Å²) in [5.41, 5.74) is 8.50. The van der Waals surface area contributed by atoms with Crippen molar-refractivity contribution in [3.8, 4) is 33.6 Å². The maximum absolute atomic E-state index is 12.7. The molecule has 0 radical (unpaired) electrons. The van der Waals surface area contributed by atoms with Crippen LogP contribution >= 0.6 is 11.3 Å². The number of carbonyl (C=O) groups is 1. The number of benzene rings is 1. The maximum Gasteiger partial charge on any atom is 0.253 e. The Bertz CT molecular complexity index is 1440. The monoisotopic (exact) mass is 422 g/mol. The number of rotatable bonds is 3. The minimum absolute atomic E-state index is 0.0158. The highest BCUT2D eigenvalue weighted by atomic mass is 32.1. The minimum atomic E-state index is -0.0158. The van der Waals surface area contributed by atoms with E-state index in [9.17, 15) is 4.79 Å². The van der Waals surface area contributed by atoms with Gasteiger partial charge in [0, 0.05) is 53.1 Å². The summed E-state index contributed by atoms with van der Waals surface area (Å²) < 4.78 is 0. The summed E-state index contributed by atoms with van der Waals surface area (Å²) in [6.07, 6.45) is 4.48. The van der Waals surface area contributed by atoms with Gasteiger partial charge in [0.1, 0.15) is 0 Å². The summed E-state index contributed by atoms with van der Waals surface area (Å²) in [4.78, 5) is 25.4. The predicted octanol–water partition coefficient (Wildman–Crippen LogP) is 5.31. The molecule has 1 aromatic carbocycles. The first-order valence-corrected chi connectivity index (χ1v) is 11.1. The van der Waals surface area contributed by atoms with Gasteiger partial charge in [0.05, 0.1) is 22.5 Å². The standard InChI is InChI=1S/C25H18N4OS/c30-25-23-20(6-9-27-25)29-24(22(23)17-7-10-31-14-17)16-5-8-26-21(12-16)18-11-15-3-1-2-4-19(15)28-13-18/h1-5,7-8,10-14,29H,6,9H2,(H,27,30). The van der Waals surface area contributed by atoms with Crippen LogP contribution in [-0.2, 0) is 6.42 Å². The number of nitrogens with zero attached hydrogens (tertiary/aromatic N) is 2. The fourth-order valence-corrected chi connectivity index (χ4v) is 4.89. The van der Waals surface area contributed by atoms with Gasteiger partial charge >= 0.3 is 0 Å². The van der Waals surface area contributed by atoms with Gasteiger partial charge in [-0.1, -0.05) is 18.2 Å². The number of pyridine rings is 2. The topological polar surface area (TPSA) is 70.7 Å². The average Bonchev–Trinajstić information content (AvgIpc) is 3.47. The molecular formula is C25H18N4OS. The van der Waals surface area contributed by atoms with Crippen molar-refractivity contribution in [3.63, 3.8) is 0 Å². The SMILES string of the molecule is O=C1NCCc2[nH]c(-c3ccnc(-c4cnc5ccccc5c4)c3)c(-c3ccsc3)c21. The second-order valence-electron chi connectivity index (χ2n) is 7.59. The van der Waals surface area contributed by atoms with Gasteiger partial charge < -0.3 is 10.3 Å². The number of hydrogen-bond acceptors (Lipinski definition) is 4. The van der Waals surface area contributed by atoms with Gasteiger partial charge in [-0.25, -0.2) is 0 Å². The van der Waals surface area contributed by atoms with Gasteiger partial charge in [0.2, 0.25) is 0 Å². The molecule has 150 valence electrons. The van der Waals surface area contributed by atoms with Gasteiger partial charge in [-0.15, -0.1) is 0 Å². The van der Waals surface area contributed by atoms with Crippen LogP contribution in [0.4, 0.5) is 0 Å². The molecule has 0 saturated carbocycles.